The molecule has 0 saturated carbocycles. The van der Waals surface area contributed by atoms with Gasteiger partial charge in [-0.3, -0.25) is 9.36 Å². The second kappa shape index (κ2) is 7.78. The molecule has 6 nitrogen and oxygen atoms in total. The summed E-state index contributed by atoms with van der Waals surface area (Å²) in [7, 11) is 1.55. The van der Waals surface area contributed by atoms with E-state index in [0.29, 0.717) is 23.0 Å². The molecule has 0 bridgehead atoms. The maximum absolute atomic E-state index is 13.7. The fraction of sp³-hybridized carbons (Fsp3) is 0.273. The topological polar surface area (TPSA) is 65.4 Å². The third-order valence-corrected chi connectivity index (χ3v) is 4.86. The Morgan fingerprint density at radius 3 is 2.60 bits per heavy atom. The number of ether oxygens (including phenoxy) is 2. The molecule has 0 spiro atoms. The molecule has 0 radical (unpaired) electrons. The number of hydrogen-bond acceptors (Lipinski definition) is 4. The van der Waals surface area contributed by atoms with Gasteiger partial charge in [-0.1, -0.05) is 12.1 Å². The van der Waals surface area contributed by atoms with Crippen LogP contribution in [0.2, 0.25) is 0 Å². The zero-order valence-corrected chi connectivity index (χ0v) is 16.8. The molecule has 8 heteroatoms. The Kier molecular flexibility index (Phi) is 5.15. The minimum Gasteiger partial charge on any atom is -0.493 e. The summed E-state index contributed by atoms with van der Waals surface area (Å²) in [4.78, 5) is 17.0. The number of amides is 1. The number of anilines is 1. The number of hydrogen-bond donors (Lipinski definition) is 1. The molecular weight excluding hydrogens is 392 g/mol. The van der Waals surface area contributed by atoms with E-state index in [0.717, 1.165) is 11.6 Å². The molecule has 1 atom stereocenters. The highest BCUT2D eigenvalue weighted by molar-refractivity contribution is 5.94. The molecule has 4 rings (SSSR count). The van der Waals surface area contributed by atoms with Gasteiger partial charge < -0.3 is 14.8 Å². The number of para-hydroxylation sites is 1. The van der Waals surface area contributed by atoms with Crippen molar-refractivity contribution in [3.63, 3.8) is 0 Å². The van der Waals surface area contributed by atoms with Crippen LogP contribution in [0.15, 0.2) is 42.7 Å². The van der Waals surface area contributed by atoms with E-state index in [4.69, 9.17) is 9.47 Å². The number of imidazole rings is 1. The molecule has 1 aliphatic heterocycles. The van der Waals surface area contributed by atoms with Gasteiger partial charge in [0.2, 0.25) is 5.91 Å². The quantitative estimate of drug-likeness (QED) is 0.673. The Morgan fingerprint density at radius 1 is 1.20 bits per heavy atom. The van der Waals surface area contributed by atoms with E-state index in [1.165, 1.54) is 23.0 Å². The highest BCUT2D eigenvalue weighted by Gasteiger charge is 2.34. The van der Waals surface area contributed by atoms with Gasteiger partial charge in [-0.15, -0.1) is 0 Å². The molecule has 0 unspecified atom stereocenters. The Hall–Kier alpha value is -3.42. The molecule has 1 aromatic heterocycles. The summed E-state index contributed by atoms with van der Waals surface area (Å²) in [5, 5.41) is 2.78. The van der Waals surface area contributed by atoms with E-state index in [2.05, 4.69) is 10.3 Å². The number of aromatic nitrogens is 2. The third kappa shape index (κ3) is 3.60. The minimum atomic E-state index is -0.716. The van der Waals surface area contributed by atoms with Crippen molar-refractivity contribution >= 4 is 11.7 Å². The van der Waals surface area contributed by atoms with Crippen molar-refractivity contribution in [2.75, 3.05) is 12.4 Å². The lowest BCUT2D eigenvalue weighted by Crippen LogP contribution is -2.25. The number of carbonyl (C=O) groups is 1. The molecule has 0 aliphatic carbocycles. The zero-order valence-electron chi connectivity index (χ0n) is 16.8. The van der Waals surface area contributed by atoms with E-state index >= 15 is 0 Å². The fourth-order valence-electron chi connectivity index (χ4n) is 3.67. The lowest BCUT2D eigenvalue weighted by atomic mass is 9.89. The van der Waals surface area contributed by atoms with Crippen LogP contribution in [0, 0.1) is 11.6 Å². The van der Waals surface area contributed by atoms with Crippen molar-refractivity contribution in [1.82, 2.24) is 9.55 Å². The molecule has 1 amide bonds. The summed E-state index contributed by atoms with van der Waals surface area (Å²) in [6.07, 6.45) is 1.49. The van der Waals surface area contributed by atoms with Gasteiger partial charge in [-0.2, -0.15) is 0 Å². The van der Waals surface area contributed by atoms with Gasteiger partial charge in [0, 0.05) is 24.0 Å². The van der Waals surface area contributed by atoms with Crippen molar-refractivity contribution in [3.05, 3.63) is 65.6 Å². The van der Waals surface area contributed by atoms with Crippen LogP contribution in [0.25, 0.3) is 5.69 Å². The first-order valence-electron chi connectivity index (χ1n) is 9.54. The maximum atomic E-state index is 13.7. The summed E-state index contributed by atoms with van der Waals surface area (Å²) in [6.45, 7) is 3.81. The maximum Gasteiger partial charge on any atom is 0.226 e. The van der Waals surface area contributed by atoms with E-state index in [9.17, 15) is 13.6 Å². The molecule has 0 saturated heterocycles. The van der Waals surface area contributed by atoms with Gasteiger partial charge in [-0.25, -0.2) is 13.8 Å². The lowest BCUT2D eigenvalue weighted by molar-refractivity contribution is -0.116. The summed E-state index contributed by atoms with van der Waals surface area (Å²) in [5.41, 5.74) is 1.57. The first kappa shape index (κ1) is 19.9. The first-order valence-corrected chi connectivity index (χ1v) is 9.54. The number of carbonyl (C=O) groups excluding carboxylic acids is 1. The van der Waals surface area contributed by atoms with Crippen LogP contribution >= 0.6 is 0 Å². The second-order valence-corrected chi connectivity index (χ2v) is 7.33. The Bertz CT molecular complexity index is 1090. The highest BCUT2D eigenvalue weighted by Crippen LogP contribution is 2.44. The predicted molar refractivity (Wildman–Crippen MR) is 107 cm³/mol. The monoisotopic (exact) mass is 413 g/mol. The van der Waals surface area contributed by atoms with E-state index in [-0.39, 0.29) is 24.1 Å². The molecule has 1 aliphatic rings. The average molecular weight is 413 g/mol. The van der Waals surface area contributed by atoms with Crippen molar-refractivity contribution < 1.29 is 23.0 Å². The third-order valence-electron chi connectivity index (χ3n) is 4.86. The number of fused-ring (bicyclic) bond motifs is 1. The van der Waals surface area contributed by atoms with E-state index < -0.39 is 17.6 Å². The number of rotatable bonds is 5. The van der Waals surface area contributed by atoms with Crippen LogP contribution in [-0.2, 0) is 4.79 Å². The summed E-state index contributed by atoms with van der Waals surface area (Å²) < 4.78 is 40.4. The molecule has 2 aromatic carbocycles. The second-order valence-electron chi connectivity index (χ2n) is 7.33. The van der Waals surface area contributed by atoms with Crippen molar-refractivity contribution in [2.24, 2.45) is 0 Å². The molecule has 0 fully saturated rings. The van der Waals surface area contributed by atoms with Gasteiger partial charge >= 0.3 is 0 Å². The van der Waals surface area contributed by atoms with Gasteiger partial charge in [0.15, 0.2) is 11.5 Å². The van der Waals surface area contributed by atoms with Crippen molar-refractivity contribution in [1.29, 1.82) is 0 Å². The highest BCUT2D eigenvalue weighted by atomic mass is 19.1. The van der Waals surface area contributed by atoms with Crippen molar-refractivity contribution in [2.45, 2.75) is 32.3 Å². The summed E-state index contributed by atoms with van der Waals surface area (Å²) >= 11 is 0. The summed E-state index contributed by atoms with van der Waals surface area (Å²) in [6, 6.07) is 8.64. The Morgan fingerprint density at radius 2 is 1.93 bits per heavy atom. The SMILES string of the molecule is COc1cccc([C@H]2CC(=O)Nc3c2ncn3-c2cc(F)cc(F)c2)c1OC(C)C. The van der Waals surface area contributed by atoms with Crippen LogP contribution < -0.4 is 14.8 Å². The van der Waals surface area contributed by atoms with Gasteiger partial charge in [-0.05, 0) is 32.0 Å². The van der Waals surface area contributed by atoms with Crippen LogP contribution in [0.1, 0.15) is 37.4 Å². The van der Waals surface area contributed by atoms with Crippen LogP contribution in [0.5, 0.6) is 11.5 Å². The van der Waals surface area contributed by atoms with Crippen LogP contribution in [-0.4, -0.2) is 28.7 Å². The number of benzene rings is 2. The Balaban J connectivity index is 1.85. The summed E-state index contributed by atoms with van der Waals surface area (Å²) in [5.74, 6) is -0.591. The molecule has 1 N–H and O–H groups in total. The number of methoxy groups -OCH3 is 1. The van der Waals surface area contributed by atoms with Gasteiger partial charge in [0.25, 0.3) is 0 Å². The lowest BCUT2D eigenvalue weighted by Gasteiger charge is -2.26. The number of nitrogens with one attached hydrogen (secondary N) is 1. The molecule has 30 heavy (non-hydrogen) atoms. The normalized spacial score (nSPS) is 15.7. The largest absolute Gasteiger partial charge is 0.493 e. The number of halogens is 2. The van der Waals surface area contributed by atoms with Crippen molar-refractivity contribution in [3.8, 4) is 17.2 Å². The standard InChI is InChI=1S/C22H21F2N3O3/c1-12(2)30-21-16(5-4-6-18(21)29-3)17-10-19(28)26-22-20(17)25-11-27(22)15-8-13(23)7-14(24)9-15/h4-9,11-12,17H,10H2,1-3H3,(H,26,28)/t17-/m1/s1. The van der Waals surface area contributed by atoms with Crippen LogP contribution in [0.4, 0.5) is 14.6 Å². The van der Waals surface area contributed by atoms with E-state index in [1.54, 1.807) is 13.2 Å². The molecule has 2 heterocycles. The number of nitrogens with zero attached hydrogens (tertiary/aromatic N) is 2. The predicted octanol–water partition coefficient (Wildman–Crippen LogP) is 4.42. The smallest absolute Gasteiger partial charge is 0.226 e. The van der Waals surface area contributed by atoms with Gasteiger partial charge in [0.05, 0.1) is 24.6 Å². The fourth-order valence-corrected chi connectivity index (χ4v) is 3.67. The molecule has 156 valence electrons. The zero-order chi connectivity index (χ0) is 21.4. The molecule has 3 aromatic rings. The van der Waals surface area contributed by atoms with Gasteiger partial charge in [0.1, 0.15) is 23.8 Å². The minimum absolute atomic E-state index is 0.107. The average Bonchev–Trinajstić information content (AvgIpc) is 3.10. The van der Waals surface area contributed by atoms with Crippen LogP contribution in [0.3, 0.4) is 0 Å². The van der Waals surface area contributed by atoms with E-state index in [1.807, 2.05) is 26.0 Å². The molecular formula is C22H21F2N3O3. The Labute approximate surface area is 172 Å². The first-order chi connectivity index (χ1) is 14.4.